The second kappa shape index (κ2) is 7.82. The zero-order valence-electron chi connectivity index (χ0n) is 18.8. The van der Waals surface area contributed by atoms with Gasteiger partial charge in [-0.05, 0) is 70.0 Å². The van der Waals surface area contributed by atoms with Gasteiger partial charge < -0.3 is 19.8 Å². The van der Waals surface area contributed by atoms with E-state index in [4.69, 9.17) is 15.1 Å². The Hall–Kier alpha value is -3.37. The van der Waals surface area contributed by atoms with Gasteiger partial charge in [0.15, 0.2) is 5.60 Å². The molecule has 0 amide bonds. The van der Waals surface area contributed by atoms with Crippen molar-refractivity contribution in [2.75, 3.05) is 0 Å². The fraction of sp³-hybridized carbons (Fsp3) is 0.185. The lowest BCUT2D eigenvalue weighted by Gasteiger charge is -2.31. The second-order valence-electron chi connectivity index (χ2n) is 8.82. The molecule has 35 heavy (non-hydrogen) atoms. The number of hydrogen-bond donors (Lipinski definition) is 2. The van der Waals surface area contributed by atoms with Crippen LogP contribution in [0.15, 0.2) is 53.3 Å². The molecule has 0 fully saturated rings. The van der Waals surface area contributed by atoms with Crippen molar-refractivity contribution in [2.24, 2.45) is 0 Å². The Bertz CT molecular complexity index is 1660. The van der Waals surface area contributed by atoms with Crippen LogP contribution in [0.5, 0.6) is 0 Å². The zero-order chi connectivity index (χ0) is 24.5. The number of pyridine rings is 2. The highest BCUT2D eigenvalue weighted by Gasteiger charge is 2.45. The largest absolute Gasteiger partial charge is 0.458 e. The number of cyclic esters (lactones) is 1. The Balaban J connectivity index is 1.71. The van der Waals surface area contributed by atoms with E-state index >= 15 is 0 Å². The molecule has 2 aliphatic heterocycles. The van der Waals surface area contributed by atoms with Crippen LogP contribution in [0.4, 0.5) is 0 Å². The number of fused-ring (bicyclic) bond motifs is 5. The average molecular weight is 577 g/mol. The third-order valence-corrected chi connectivity index (χ3v) is 7.96. The van der Waals surface area contributed by atoms with Crippen LogP contribution in [-0.2, 0) is 28.3 Å². The summed E-state index contributed by atoms with van der Waals surface area (Å²) >= 11 is 2.31. The molecule has 7 nitrogen and oxygen atoms in total. The molecule has 4 aromatic rings. The number of aliphatic hydroxyl groups is 1. The van der Waals surface area contributed by atoms with Crippen molar-refractivity contribution in [3.63, 3.8) is 0 Å². The fourth-order valence-corrected chi connectivity index (χ4v) is 5.82. The summed E-state index contributed by atoms with van der Waals surface area (Å²) in [6.45, 7) is 1.85. The number of carbonyl (C=O) groups is 1. The zero-order valence-corrected chi connectivity index (χ0v) is 20.9. The quantitative estimate of drug-likeness (QED) is 0.189. The van der Waals surface area contributed by atoms with Crippen molar-refractivity contribution < 1.29 is 14.6 Å². The molecule has 1 atom stereocenters. The minimum Gasteiger partial charge on any atom is -0.458 e. The molecule has 0 spiro atoms. The first kappa shape index (κ1) is 22.1. The smallest absolute Gasteiger partial charge is 0.343 e. The summed E-state index contributed by atoms with van der Waals surface area (Å²) < 4.78 is 7.90. The van der Waals surface area contributed by atoms with Gasteiger partial charge in [-0.25, -0.2) is 9.78 Å². The van der Waals surface area contributed by atoms with Crippen molar-refractivity contribution in [3.05, 3.63) is 84.7 Å². The summed E-state index contributed by atoms with van der Waals surface area (Å²) in [5.41, 5.74) is 4.09. The number of ether oxygens (including phenoxy) is 1. The highest BCUT2D eigenvalue weighted by Crippen LogP contribution is 2.44. The number of rotatable bonds is 3. The summed E-state index contributed by atoms with van der Waals surface area (Å²) in [5.74, 6) is -0.736. The summed E-state index contributed by atoms with van der Waals surface area (Å²) in [6.07, 6.45) is 1.40. The minimum atomic E-state index is -1.86. The predicted molar refractivity (Wildman–Crippen MR) is 141 cm³/mol. The van der Waals surface area contributed by atoms with Crippen molar-refractivity contribution >= 4 is 45.7 Å². The SMILES string of the molecule is CCC1(O)C(=O)OCc2c1cc1n(c2=O)Cc2c-1nc1ccc(C=N)cc1c2-c1ccccc1I. The van der Waals surface area contributed by atoms with Crippen LogP contribution in [0, 0.1) is 8.98 Å². The number of hydrogen-bond acceptors (Lipinski definition) is 6. The lowest BCUT2D eigenvalue weighted by Crippen LogP contribution is -2.44. The van der Waals surface area contributed by atoms with Gasteiger partial charge in [-0.1, -0.05) is 31.2 Å². The lowest BCUT2D eigenvalue weighted by atomic mass is 9.86. The molecule has 2 aliphatic rings. The molecule has 0 aliphatic carbocycles. The summed E-state index contributed by atoms with van der Waals surface area (Å²) in [6, 6.07) is 15.5. The van der Waals surface area contributed by atoms with E-state index in [-0.39, 0.29) is 18.6 Å². The molecule has 1 unspecified atom stereocenters. The molecule has 6 rings (SSSR count). The topological polar surface area (TPSA) is 105 Å². The van der Waals surface area contributed by atoms with Crippen molar-refractivity contribution in [3.8, 4) is 22.5 Å². The standard InChI is InChI=1S/C27H20IN3O4/c1-2-27(34)19-10-22-24-17(12-31(22)25(32)18(19)13-35-26(27)33)23(15-5-3-4-6-20(15)28)16-9-14(11-29)7-8-21(16)30-24/h3-11,29,34H,2,12-13H2,1H3. The average Bonchev–Trinajstić information content (AvgIpc) is 3.24. The monoisotopic (exact) mass is 577 g/mol. The minimum absolute atomic E-state index is 0.0968. The molecule has 2 N–H and O–H groups in total. The Morgan fingerprint density at radius 3 is 2.74 bits per heavy atom. The number of nitrogens with zero attached hydrogens (tertiary/aromatic N) is 2. The maximum absolute atomic E-state index is 13.6. The Morgan fingerprint density at radius 1 is 1.20 bits per heavy atom. The van der Waals surface area contributed by atoms with Gasteiger partial charge in [0.2, 0.25) is 0 Å². The van der Waals surface area contributed by atoms with Gasteiger partial charge in [-0.15, -0.1) is 0 Å². The van der Waals surface area contributed by atoms with Gasteiger partial charge in [0.25, 0.3) is 5.56 Å². The highest BCUT2D eigenvalue weighted by atomic mass is 127. The van der Waals surface area contributed by atoms with Crippen molar-refractivity contribution in [2.45, 2.75) is 32.1 Å². The molecule has 174 valence electrons. The second-order valence-corrected chi connectivity index (χ2v) is 9.98. The third kappa shape index (κ3) is 3.06. The number of aromatic nitrogens is 2. The van der Waals surface area contributed by atoms with Gasteiger partial charge in [0, 0.05) is 26.3 Å². The number of halogens is 1. The van der Waals surface area contributed by atoms with E-state index in [0.717, 1.165) is 36.7 Å². The van der Waals surface area contributed by atoms with Crippen LogP contribution in [0.25, 0.3) is 33.4 Å². The van der Waals surface area contributed by atoms with Crippen molar-refractivity contribution in [1.29, 1.82) is 5.41 Å². The number of esters is 1. The Kier molecular flexibility index (Phi) is 4.94. The van der Waals surface area contributed by atoms with E-state index in [1.807, 2.05) is 42.5 Å². The van der Waals surface area contributed by atoms with Crippen LogP contribution < -0.4 is 5.56 Å². The lowest BCUT2D eigenvalue weighted by molar-refractivity contribution is -0.172. The summed E-state index contributed by atoms with van der Waals surface area (Å²) in [5, 5.41) is 19.8. The molecule has 2 aromatic carbocycles. The molecule has 0 saturated carbocycles. The molecular weight excluding hydrogens is 557 g/mol. The first-order valence-corrected chi connectivity index (χ1v) is 12.3. The molecule has 8 heteroatoms. The highest BCUT2D eigenvalue weighted by molar-refractivity contribution is 14.1. The molecule has 2 aromatic heterocycles. The van der Waals surface area contributed by atoms with E-state index in [1.165, 1.54) is 6.21 Å². The van der Waals surface area contributed by atoms with Gasteiger partial charge in [0.05, 0.1) is 29.0 Å². The third-order valence-electron chi connectivity index (χ3n) is 7.02. The van der Waals surface area contributed by atoms with E-state index in [0.29, 0.717) is 29.1 Å². The van der Waals surface area contributed by atoms with Gasteiger partial charge in [-0.2, -0.15) is 0 Å². The molecule has 0 radical (unpaired) electrons. The Labute approximate surface area is 214 Å². The fourth-order valence-electron chi connectivity index (χ4n) is 5.16. The van der Waals surface area contributed by atoms with Crippen LogP contribution in [0.1, 0.15) is 35.6 Å². The van der Waals surface area contributed by atoms with Crippen LogP contribution >= 0.6 is 22.6 Å². The normalized spacial score (nSPS) is 18.1. The first-order chi connectivity index (χ1) is 16.9. The maximum atomic E-state index is 13.6. The summed E-state index contributed by atoms with van der Waals surface area (Å²) in [4.78, 5) is 31.0. The summed E-state index contributed by atoms with van der Waals surface area (Å²) in [7, 11) is 0. The maximum Gasteiger partial charge on any atom is 0.343 e. The van der Waals surface area contributed by atoms with E-state index in [2.05, 4.69) is 22.6 Å². The first-order valence-electron chi connectivity index (χ1n) is 11.3. The Morgan fingerprint density at radius 2 is 2.00 bits per heavy atom. The molecule has 4 heterocycles. The van der Waals surface area contributed by atoms with Crippen molar-refractivity contribution in [1.82, 2.24) is 9.55 Å². The van der Waals surface area contributed by atoms with Crippen LogP contribution in [-0.4, -0.2) is 26.8 Å². The van der Waals surface area contributed by atoms with E-state index < -0.39 is 11.6 Å². The molecule has 0 saturated heterocycles. The van der Waals surface area contributed by atoms with Gasteiger partial charge >= 0.3 is 5.97 Å². The van der Waals surface area contributed by atoms with Crippen LogP contribution in [0.3, 0.4) is 0 Å². The number of nitrogens with one attached hydrogen (secondary N) is 1. The molecular formula is C27H20IN3O4. The van der Waals surface area contributed by atoms with E-state index in [1.54, 1.807) is 17.6 Å². The number of benzene rings is 2. The number of carbonyl (C=O) groups excluding carboxylic acids is 1. The van der Waals surface area contributed by atoms with Gasteiger partial charge in [-0.3, -0.25) is 4.79 Å². The molecule has 0 bridgehead atoms. The van der Waals surface area contributed by atoms with Crippen LogP contribution in [0.2, 0.25) is 0 Å². The van der Waals surface area contributed by atoms with Gasteiger partial charge in [0.1, 0.15) is 6.61 Å². The van der Waals surface area contributed by atoms with E-state index in [9.17, 15) is 14.7 Å². The predicted octanol–water partition coefficient (Wildman–Crippen LogP) is 4.35.